The summed E-state index contributed by atoms with van der Waals surface area (Å²) >= 11 is 0. The SMILES string of the molecule is C[C@@H](c1ccc(F)cc1)N(C)CC(=O)Nc1ccc(N2CCCC2=O)cc1. The maximum atomic E-state index is 13.1. The van der Waals surface area contributed by atoms with E-state index in [-0.39, 0.29) is 30.2 Å². The Hall–Kier alpha value is -2.73. The molecule has 0 aliphatic carbocycles. The number of likely N-dealkylation sites (N-methyl/N-ethyl adjacent to an activating group) is 1. The van der Waals surface area contributed by atoms with Crippen LogP contribution in [-0.2, 0) is 9.59 Å². The second kappa shape index (κ2) is 8.31. The standard InChI is InChI=1S/C21H24FN3O2/c1-15(16-5-7-17(22)8-6-16)24(2)14-20(26)23-18-9-11-19(12-10-18)25-13-3-4-21(25)27/h5-12,15H,3-4,13-14H2,1-2H3,(H,23,26)/t15-/m0/s1. The summed E-state index contributed by atoms with van der Waals surface area (Å²) in [6.45, 7) is 2.93. The molecule has 1 atom stereocenters. The van der Waals surface area contributed by atoms with E-state index < -0.39 is 0 Å². The fraction of sp³-hybridized carbons (Fsp3) is 0.333. The third-order valence-corrected chi connectivity index (χ3v) is 4.94. The molecular formula is C21H24FN3O2. The fourth-order valence-corrected chi connectivity index (χ4v) is 3.21. The molecule has 27 heavy (non-hydrogen) atoms. The van der Waals surface area contributed by atoms with Crippen molar-refractivity contribution in [1.29, 1.82) is 0 Å². The molecule has 0 radical (unpaired) electrons. The van der Waals surface area contributed by atoms with E-state index in [2.05, 4.69) is 5.32 Å². The summed E-state index contributed by atoms with van der Waals surface area (Å²) in [7, 11) is 1.86. The monoisotopic (exact) mass is 369 g/mol. The third kappa shape index (κ3) is 4.71. The summed E-state index contributed by atoms with van der Waals surface area (Å²) < 4.78 is 13.1. The molecule has 5 nitrogen and oxygen atoms in total. The summed E-state index contributed by atoms with van der Waals surface area (Å²) in [6.07, 6.45) is 1.48. The lowest BCUT2D eigenvalue weighted by Gasteiger charge is -2.24. The van der Waals surface area contributed by atoms with Crippen LogP contribution in [0.3, 0.4) is 0 Å². The third-order valence-electron chi connectivity index (χ3n) is 4.94. The van der Waals surface area contributed by atoms with Gasteiger partial charge in [0.1, 0.15) is 5.82 Å². The van der Waals surface area contributed by atoms with Gasteiger partial charge in [0.2, 0.25) is 11.8 Å². The first-order valence-corrected chi connectivity index (χ1v) is 9.10. The van der Waals surface area contributed by atoms with Crippen molar-refractivity contribution in [3.8, 4) is 0 Å². The summed E-state index contributed by atoms with van der Waals surface area (Å²) in [5.41, 5.74) is 2.50. The molecule has 0 bridgehead atoms. The zero-order chi connectivity index (χ0) is 19.4. The van der Waals surface area contributed by atoms with Gasteiger partial charge in [-0.05, 0) is 62.4 Å². The number of nitrogens with zero attached hydrogens (tertiary/aromatic N) is 2. The molecule has 1 saturated heterocycles. The van der Waals surface area contributed by atoms with Gasteiger partial charge in [0.25, 0.3) is 0 Å². The van der Waals surface area contributed by atoms with Crippen LogP contribution < -0.4 is 10.2 Å². The van der Waals surface area contributed by atoms with Crippen molar-refractivity contribution in [2.24, 2.45) is 0 Å². The Morgan fingerprint density at radius 3 is 2.44 bits per heavy atom. The topological polar surface area (TPSA) is 52.7 Å². The quantitative estimate of drug-likeness (QED) is 0.847. The lowest BCUT2D eigenvalue weighted by atomic mass is 10.1. The molecule has 1 fully saturated rings. The van der Waals surface area contributed by atoms with Gasteiger partial charge in [-0.25, -0.2) is 4.39 Å². The van der Waals surface area contributed by atoms with Gasteiger partial charge in [-0.15, -0.1) is 0 Å². The highest BCUT2D eigenvalue weighted by Crippen LogP contribution is 2.23. The maximum absolute atomic E-state index is 13.1. The summed E-state index contributed by atoms with van der Waals surface area (Å²) in [5, 5.41) is 2.87. The summed E-state index contributed by atoms with van der Waals surface area (Å²) in [6, 6.07) is 13.6. The Kier molecular flexibility index (Phi) is 5.86. The molecule has 1 heterocycles. The van der Waals surface area contributed by atoms with Crippen LogP contribution in [0.5, 0.6) is 0 Å². The zero-order valence-corrected chi connectivity index (χ0v) is 15.6. The minimum absolute atomic E-state index is 0.0140. The lowest BCUT2D eigenvalue weighted by Crippen LogP contribution is -2.32. The predicted octanol–water partition coefficient (Wildman–Crippen LogP) is 3.58. The van der Waals surface area contributed by atoms with E-state index in [4.69, 9.17) is 0 Å². The molecule has 2 aromatic rings. The average Bonchev–Trinajstić information content (AvgIpc) is 3.08. The van der Waals surface area contributed by atoms with Crippen molar-refractivity contribution in [2.45, 2.75) is 25.8 Å². The highest BCUT2D eigenvalue weighted by atomic mass is 19.1. The normalized spacial score (nSPS) is 15.3. The van der Waals surface area contributed by atoms with E-state index in [0.717, 1.165) is 24.2 Å². The van der Waals surface area contributed by atoms with E-state index in [0.29, 0.717) is 12.1 Å². The number of benzene rings is 2. The maximum Gasteiger partial charge on any atom is 0.238 e. The van der Waals surface area contributed by atoms with Crippen LogP contribution in [0, 0.1) is 5.82 Å². The Balaban J connectivity index is 1.55. The van der Waals surface area contributed by atoms with Gasteiger partial charge < -0.3 is 10.2 Å². The van der Waals surface area contributed by atoms with E-state index in [9.17, 15) is 14.0 Å². The largest absolute Gasteiger partial charge is 0.325 e. The predicted molar refractivity (Wildman–Crippen MR) is 104 cm³/mol. The average molecular weight is 369 g/mol. The molecule has 2 amide bonds. The Labute approximate surface area is 158 Å². The zero-order valence-electron chi connectivity index (χ0n) is 15.6. The second-order valence-corrected chi connectivity index (χ2v) is 6.89. The van der Waals surface area contributed by atoms with Gasteiger partial charge in [-0.1, -0.05) is 12.1 Å². The Morgan fingerprint density at radius 2 is 1.85 bits per heavy atom. The number of amides is 2. The van der Waals surface area contributed by atoms with Crippen LogP contribution in [0.25, 0.3) is 0 Å². The minimum Gasteiger partial charge on any atom is -0.325 e. The minimum atomic E-state index is -0.273. The van der Waals surface area contributed by atoms with Crippen LogP contribution in [-0.4, -0.2) is 36.9 Å². The molecule has 1 N–H and O–H groups in total. The number of anilines is 2. The first-order valence-electron chi connectivity index (χ1n) is 9.10. The number of hydrogen-bond donors (Lipinski definition) is 1. The van der Waals surface area contributed by atoms with Crippen molar-refractivity contribution in [2.75, 3.05) is 30.4 Å². The number of halogens is 1. The first kappa shape index (κ1) is 19.0. The van der Waals surface area contributed by atoms with Crippen molar-refractivity contribution >= 4 is 23.2 Å². The van der Waals surface area contributed by atoms with Crippen molar-refractivity contribution in [3.63, 3.8) is 0 Å². The molecule has 0 aromatic heterocycles. The molecule has 1 aliphatic heterocycles. The van der Waals surface area contributed by atoms with Crippen molar-refractivity contribution in [3.05, 3.63) is 59.9 Å². The molecule has 2 aromatic carbocycles. The highest BCUT2D eigenvalue weighted by Gasteiger charge is 2.21. The van der Waals surface area contributed by atoms with Gasteiger partial charge in [-0.3, -0.25) is 14.5 Å². The molecule has 0 saturated carbocycles. The van der Waals surface area contributed by atoms with Gasteiger partial charge in [-0.2, -0.15) is 0 Å². The molecule has 6 heteroatoms. The number of rotatable bonds is 6. The Morgan fingerprint density at radius 1 is 1.19 bits per heavy atom. The van der Waals surface area contributed by atoms with E-state index in [1.54, 1.807) is 17.0 Å². The van der Waals surface area contributed by atoms with Gasteiger partial charge in [0.15, 0.2) is 0 Å². The summed E-state index contributed by atoms with van der Waals surface area (Å²) in [4.78, 5) is 27.8. The smallest absolute Gasteiger partial charge is 0.238 e. The molecule has 1 aliphatic rings. The van der Waals surface area contributed by atoms with Crippen molar-refractivity contribution < 1.29 is 14.0 Å². The van der Waals surface area contributed by atoms with Crippen LogP contribution in [0.1, 0.15) is 31.4 Å². The van der Waals surface area contributed by atoms with E-state index in [1.165, 1.54) is 12.1 Å². The molecule has 0 spiro atoms. The van der Waals surface area contributed by atoms with Gasteiger partial charge in [0.05, 0.1) is 6.54 Å². The number of nitrogens with one attached hydrogen (secondary N) is 1. The van der Waals surface area contributed by atoms with Crippen LogP contribution in [0.2, 0.25) is 0 Å². The molecular weight excluding hydrogens is 345 g/mol. The summed E-state index contributed by atoms with van der Waals surface area (Å²) in [5.74, 6) is -0.259. The first-order chi connectivity index (χ1) is 12.9. The van der Waals surface area contributed by atoms with E-state index >= 15 is 0 Å². The number of carbonyl (C=O) groups excluding carboxylic acids is 2. The number of hydrogen-bond acceptors (Lipinski definition) is 3. The number of carbonyl (C=O) groups is 2. The van der Waals surface area contributed by atoms with E-state index in [1.807, 2.05) is 43.1 Å². The lowest BCUT2D eigenvalue weighted by molar-refractivity contribution is -0.118. The molecule has 3 rings (SSSR count). The fourth-order valence-electron chi connectivity index (χ4n) is 3.21. The van der Waals surface area contributed by atoms with Crippen LogP contribution in [0.15, 0.2) is 48.5 Å². The van der Waals surface area contributed by atoms with Crippen LogP contribution in [0.4, 0.5) is 15.8 Å². The molecule has 142 valence electrons. The second-order valence-electron chi connectivity index (χ2n) is 6.89. The van der Waals surface area contributed by atoms with Gasteiger partial charge >= 0.3 is 0 Å². The van der Waals surface area contributed by atoms with Crippen LogP contribution >= 0.6 is 0 Å². The van der Waals surface area contributed by atoms with Gasteiger partial charge in [0, 0.05) is 30.4 Å². The van der Waals surface area contributed by atoms with Crippen molar-refractivity contribution in [1.82, 2.24) is 4.90 Å². The molecule has 0 unspecified atom stereocenters. The highest BCUT2D eigenvalue weighted by molar-refractivity contribution is 5.96. The Bertz CT molecular complexity index is 805.